The number of aliphatic hydroxyl groups is 1. The van der Waals surface area contributed by atoms with E-state index in [1.54, 1.807) is 25.1 Å². The molecule has 130 valence electrons. The maximum atomic E-state index is 13.8. The molecule has 0 bridgehead atoms. The van der Waals surface area contributed by atoms with Crippen molar-refractivity contribution in [1.29, 1.82) is 0 Å². The van der Waals surface area contributed by atoms with E-state index >= 15 is 0 Å². The first-order valence-corrected chi connectivity index (χ1v) is 8.03. The molecule has 0 radical (unpaired) electrons. The third-order valence-electron chi connectivity index (χ3n) is 4.85. The number of rotatable bonds is 1. The van der Waals surface area contributed by atoms with Gasteiger partial charge in [-0.15, -0.1) is 0 Å². The Morgan fingerprint density at radius 3 is 2.67 bits per heavy atom. The Balaban J connectivity index is 2.07. The molecule has 1 fully saturated rings. The molecular formula is C17H19F3N2O2. The lowest BCUT2D eigenvalue weighted by atomic mass is 9.87. The van der Waals surface area contributed by atoms with E-state index in [1.807, 2.05) is 0 Å². The molecule has 4 nitrogen and oxygen atoms in total. The van der Waals surface area contributed by atoms with Crippen LogP contribution in [0.3, 0.4) is 0 Å². The lowest BCUT2D eigenvalue weighted by Gasteiger charge is -2.37. The fraction of sp³-hybridized carbons (Fsp3) is 0.529. The minimum atomic E-state index is -4.98. The van der Waals surface area contributed by atoms with Gasteiger partial charge in [0.05, 0.1) is 5.92 Å². The van der Waals surface area contributed by atoms with E-state index in [4.69, 9.17) is 0 Å². The molecule has 2 atom stereocenters. The average molecular weight is 340 g/mol. The van der Waals surface area contributed by atoms with E-state index in [9.17, 15) is 23.1 Å². The van der Waals surface area contributed by atoms with Crippen LogP contribution >= 0.6 is 0 Å². The molecule has 2 aliphatic rings. The van der Waals surface area contributed by atoms with Gasteiger partial charge in [0.1, 0.15) is 0 Å². The van der Waals surface area contributed by atoms with E-state index in [1.165, 1.54) is 6.07 Å². The molecule has 2 unspecified atom stereocenters. The minimum Gasteiger partial charge on any atom is -0.362 e. The molecule has 1 amide bonds. The van der Waals surface area contributed by atoms with Crippen molar-refractivity contribution >= 4 is 11.6 Å². The fourth-order valence-electron chi connectivity index (χ4n) is 3.52. The Morgan fingerprint density at radius 2 is 2.00 bits per heavy atom. The van der Waals surface area contributed by atoms with Crippen LogP contribution in [0, 0.1) is 12.8 Å². The highest BCUT2D eigenvalue weighted by atomic mass is 19.4. The number of halogens is 3. The summed E-state index contributed by atoms with van der Waals surface area (Å²) in [5.41, 5.74) is -2.35. The van der Waals surface area contributed by atoms with Crippen molar-refractivity contribution in [2.24, 2.45) is 11.0 Å². The van der Waals surface area contributed by atoms with Crippen molar-refractivity contribution in [3.05, 3.63) is 35.4 Å². The second-order valence-corrected chi connectivity index (χ2v) is 6.40. The summed E-state index contributed by atoms with van der Waals surface area (Å²) in [6.07, 6.45) is -2.34. The molecule has 3 rings (SSSR count). The van der Waals surface area contributed by atoms with Gasteiger partial charge in [-0.1, -0.05) is 31.0 Å². The zero-order valence-electron chi connectivity index (χ0n) is 13.3. The predicted octanol–water partition coefficient (Wildman–Crippen LogP) is 3.64. The summed E-state index contributed by atoms with van der Waals surface area (Å²) in [6, 6.07) is 6.36. The molecule has 1 N–H and O–H groups in total. The molecule has 1 aliphatic heterocycles. The summed E-state index contributed by atoms with van der Waals surface area (Å²) in [5, 5.41) is 14.8. The molecule has 1 saturated carbocycles. The minimum absolute atomic E-state index is 0.112. The first-order chi connectivity index (χ1) is 11.3. The normalized spacial score (nSPS) is 27.5. The zero-order valence-corrected chi connectivity index (χ0v) is 13.3. The third-order valence-corrected chi connectivity index (χ3v) is 4.85. The number of benzene rings is 1. The highest BCUT2D eigenvalue weighted by Crippen LogP contribution is 2.48. The topological polar surface area (TPSA) is 52.9 Å². The van der Waals surface area contributed by atoms with Crippen LogP contribution in [0.25, 0.3) is 0 Å². The maximum Gasteiger partial charge on any atom is 0.439 e. The van der Waals surface area contributed by atoms with Gasteiger partial charge in [-0.3, -0.25) is 4.79 Å². The van der Waals surface area contributed by atoms with Gasteiger partial charge in [0.2, 0.25) is 0 Å². The Bertz CT molecular complexity index is 687. The van der Waals surface area contributed by atoms with Crippen LogP contribution in [0.1, 0.15) is 48.0 Å². The average Bonchev–Trinajstić information content (AvgIpc) is 2.68. The SMILES string of the molecule is Cc1ccccc1C(=O)N1N=C2CCCCCC2C1(O)C(F)(F)F. The lowest BCUT2D eigenvalue weighted by molar-refractivity contribution is -0.312. The fourth-order valence-corrected chi connectivity index (χ4v) is 3.52. The van der Waals surface area contributed by atoms with Gasteiger partial charge in [0.15, 0.2) is 0 Å². The van der Waals surface area contributed by atoms with Gasteiger partial charge in [-0.25, -0.2) is 0 Å². The highest BCUT2D eigenvalue weighted by molar-refractivity contribution is 6.00. The van der Waals surface area contributed by atoms with Gasteiger partial charge in [0, 0.05) is 11.3 Å². The summed E-state index contributed by atoms with van der Waals surface area (Å²) in [6.45, 7) is 1.64. The van der Waals surface area contributed by atoms with E-state index in [-0.39, 0.29) is 22.7 Å². The molecule has 1 aromatic carbocycles. The monoisotopic (exact) mass is 340 g/mol. The van der Waals surface area contributed by atoms with Crippen LogP contribution in [0.15, 0.2) is 29.4 Å². The van der Waals surface area contributed by atoms with E-state index < -0.39 is 23.7 Å². The number of hydrogen-bond acceptors (Lipinski definition) is 3. The van der Waals surface area contributed by atoms with Crippen molar-refractivity contribution in [2.45, 2.75) is 50.9 Å². The number of nitrogens with zero attached hydrogens (tertiary/aromatic N) is 2. The predicted molar refractivity (Wildman–Crippen MR) is 82.4 cm³/mol. The van der Waals surface area contributed by atoms with Crippen molar-refractivity contribution in [2.75, 3.05) is 0 Å². The van der Waals surface area contributed by atoms with E-state index in [0.29, 0.717) is 18.4 Å². The van der Waals surface area contributed by atoms with Crippen molar-refractivity contribution in [1.82, 2.24) is 5.01 Å². The van der Waals surface area contributed by atoms with Crippen LogP contribution in [-0.4, -0.2) is 33.6 Å². The van der Waals surface area contributed by atoms with Crippen LogP contribution < -0.4 is 0 Å². The lowest BCUT2D eigenvalue weighted by Crippen LogP contribution is -2.61. The number of hydrazone groups is 1. The number of carbonyl (C=O) groups is 1. The van der Waals surface area contributed by atoms with Crippen LogP contribution in [0.2, 0.25) is 0 Å². The Labute approximate surface area is 138 Å². The Morgan fingerprint density at radius 1 is 1.29 bits per heavy atom. The molecular weight excluding hydrogens is 321 g/mol. The zero-order chi connectivity index (χ0) is 17.5. The maximum absolute atomic E-state index is 13.8. The number of alkyl halides is 3. The molecule has 7 heteroatoms. The van der Waals surface area contributed by atoms with Crippen LogP contribution in [0.5, 0.6) is 0 Å². The van der Waals surface area contributed by atoms with E-state index in [2.05, 4.69) is 5.10 Å². The second-order valence-electron chi connectivity index (χ2n) is 6.40. The number of hydrogen-bond donors (Lipinski definition) is 1. The molecule has 24 heavy (non-hydrogen) atoms. The Kier molecular flexibility index (Phi) is 4.15. The first-order valence-electron chi connectivity index (χ1n) is 8.03. The summed E-state index contributed by atoms with van der Waals surface area (Å²) in [7, 11) is 0. The molecule has 0 spiro atoms. The number of fused-ring (bicyclic) bond motifs is 1. The summed E-state index contributed by atoms with van der Waals surface area (Å²) in [5.74, 6) is -2.11. The summed E-state index contributed by atoms with van der Waals surface area (Å²) in [4.78, 5) is 12.7. The molecule has 0 aromatic heterocycles. The number of aryl methyl sites for hydroxylation is 1. The molecule has 1 aliphatic carbocycles. The van der Waals surface area contributed by atoms with E-state index in [0.717, 1.165) is 12.8 Å². The van der Waals surface area contributed by atoms with Crippen molar-refractivity contribution < 1.29 is 23.1 Å². The van der Waals surface area contributed by atoms with Gasteiger partial charge < -0.3 is 5.11 Å². The van der Waals surface area contributed by atoms with Gasteiger partial charge in [-0.2, -0.15) is 23.3 Å². The molecule has 1 aromatic rings. The standard InChI is InChI=1S/C17H19F3N2O2/c1-11-7-5-6-8-12(11)15(23)22-16(24,17(18,19)20)13-9-3-2-4-10-14(13)21-22/h5-8,13,24H,2-4,9-10H2,1H3. The number of amides is 1. The highest BCUT2D eigenvalue weighted by Gasteiger charge is 2.68. The first kappa shape index (κ1) is 17.0. The molecule has 0 saturated heterocycles. The van der Waals surface area contributed by atoms with Crippen molar-refractivity contribution in [3.8, 4) is 0 Å². The third kappa shape index (κ3) is 2.51. The quantitative estimate of drug-likeness (QED) is 0.849. The summed E-state index contributed by atoms with van der Waals surface area (Å²) >= 11 is 0. The van der Waals surface area contributed by atoms with Gasteiger partial charge in [0.25, 0.3) is 11.6 Å². The number of carbonyl (C=O) groups excluding carboxylic acids is 1. The largest absolute Gasteiger partial charge is 0.439 e. The van der Waals surface area contributed by atoms with Gasteiger partial charge in [-0.05, 0) is 37.8 Å². The summed E-state index contributed by atoms with van der Waals surface area (Å²) < 4.78 is 41.3. The van der Waals surface area contributed by atoms with Gasteiger partial charge >= 0.3 is 6.18 Å². The smallest absolute Gasteiger partial charge is 0.362 e. The second kappa shape index (κ2) is 5.88. The molecule has 1 heterocycles. The Hall–Kier alpha value is -1.89. The van der Waals surface area contributed by atoms with Crippen LogP contribution in [0.4, 0.5) is 13.2 Å². The van der Waals surface area contributed by atoms with Crippen LogP contribution in [-0.2, 0) is 0 Å². The van der Waals surface area contributed by atoms with Crippen molar-refractivity contribution in [3.63, 3.8) is 0 Å².